The van der Waals surface area contributed by atoms with Crippen molar-refractivity contribution in [2.24, 2.45) is 5.92 Å². The van der Waals surface area contributed by atoms with E-state index in [4.69, 9.17) is 9.47 Å². The average molecular weight is 424 g/mol. The molecule has 1 aromatic rings. The lowest BCUT2D eigenvalue weighted by atomic mass is 9.82. The maximum absolute atomic E-state index is 13.1. The molecule has 1 aliphatic carbocycles. The quantitative estimate of drug-likeness (QED) is 0.457. The van der Waals surface area contributed by atoms with Crippen molar-refractivity contribution < 1.29 is 23.9 Å². The Kier molecular flexibility index (Phi) is 5.96. The molecule has 140 valence electrons. The molecule has 6 nitrogen and oxygen atoms in total. The number of ether oxygens (including phenoxy) is 2. The largest absolute Gasteiger partial charge is 0.465 e. The second kappa shape index (κ2) is 8.20. The summed E-state index contributed by atoms with van der Waals surface area (Å²) < 4.78 is 11.1. The van der Waals surface area contributed by atoms with Gasteiger partial charge in [-0.3, -0.25) is 14.4 Å². The maximum atomic E-state index is 13.1. The average Bonchev–Trinajstić information content (AvgIpc) is 2.62. The van der Waals surface area contributed by atoms with Gasteiger partial charge in [-0.2, -0.15) is 0 Å². The Hall–Kier alpha value is -1.89. The molecule has 0 aromatic heterocycles. The third-order valence-corrected chi connectivity index (χ3v) is 5.37. The number of hydrogen-bond acceptors (Lipinski definition) is 5. The highest BCUT2D eigenvalue weighted by Crippen LogP contribution is 2.40. The monoisotopic (exact) mass is 423 g/mol. The Morgan fingerprint density at radius 3 is 2.65 bits per heavy atom. The van der Waals surface area contributed by atoms with Crippen LogP contribution < -0.4 is 10.1 Å². The van der Waals surface area contributed by atoms with Gasteiger partial charge in [0, 0.05) is 16.1 Å². The molecule has 2 aliphatic rings. The van der Waals surface area contributed by atoms with Gasteiger partial charge in [0.05, 0.1) is 12.5 Å². The predicted octanol–water partition coefficient (Wildman–Crippen LogP) is 3.08. The molecule has 1 saturated carbocycles. The van der Waals surface area contributed by atoms with Gasteiger partial charge in [-0.25, -0.2) is 0 Å². The van der Waals surface area contributed by atoms with Gasteiger partial charge in [0.15, 0.2) is 5.92 Å². The van der Waals surface area contributed by atoms with Crippen LogP contribution in [-0.2, 0) is 19.1 Å². The Bertz CT molecular complexity index is 714. The third-order valence-electron chi connectivity index (χ3n) is 4.88. The van der Waals surface area contributed by atoms with Gasteiger partial charge in [0.25, 0.3) is 0 Å². The Morgan fingerprint density at radius 1 is 1.23 bits per heavy atom. The van der Waals surface area contributed by atoms with Crippen molar-refractivity contribution in [1.82, 2.24) is 5.32 Å². The Morgan fingerprint density at radius 2 is 1.96 bits per heavy atom. The van der Waals surface area contributed by atoms with Crippen LogP contribution >= 0.6 is 15.9 Å². The molecule has 1 aliphatic heterocycles. The van der Waals surface area contributed by atoms with Crippen molar-refractivity contribution >= 4 is 33.8 Å². The molecule has 1 N–H and O–H groups in total. The van der Waals surface area contributed by atoms with E-state index in [2.05, 4.69) is 21.2 Å². The van der Waals surface area contributed by atoms with Crippen molar-refractivity contribution in [2.75, 3.05) is 6.61 Å². The zero-order chi connectivity index (χ0) is 18.7. The van der Waals surface area contributed by atoms with Gasteiger partial charge in [-0.15, -0.1) is 0 Å². The number of esters is 2. The van der Waals surface area contributed by atoms with Gasteiger partial charge < -0.3 is 14.8 Å². The highest BCUT2D eigenvalue weighted by Gasteiger charge is 2.47. The van der Waals surface area contributed by atoms with Gasteiger partial charge in [0.2, 0.25) is 5.91 Å². The van der Waals surface area contributed by atoms with E-state index in [1.165, 1.54) is 6.42 Å². The van der Waals surface area contributed by atoms with Gasteiger partial charge in [0.1, 0.15) is 5.75 Å². The molecule has 26 heavy (non-hydrogen) atoms. The van der Waals surface area contributed by atoms with Gasteiger partial charge in [-0.05, 0) is 38.0 Å². The first kappa shape index (κ1) is 18.9. The SMILES string of the molecule is CCOC(=O)[C@@H]1C(=O)Oc2ccc(Br)cc2[C@@H]1C(=O)NC1CCCCC1. The van der Waals surface area contributed by atoms with Crippen LogP contribution in [0.15, 0.2) is 22.7 Å². The summed E-state index contributed by atoms with van der Waals surface area (Å²) in [5, 5.41) is 3.03. The van der Waals surface area contributed by atoms with E-state index >= 15 is 0 Å². The van der Waals surface area contributed by atoms with Crippen molar-refractivity contribution in [1.29, 1.82) is 0 Å². The van der Waals surface area contributed by atoms with Crippen molar-refractivity contribution in [3.8, 4) is 5.75 Å². The first-order valence-electron chi connectivity index (χ1n) is 8.99. The molecule has 1 heterocycles. The van der Waals surface area contributed by atoms with E-state index in [0.717, 1.165) is 30.2 Å². The molecule has 7 heteroatoms. The minimum atomic E-state index is -1.29. The predicted molar refractivity (Wildman–Crippen MR) is 97.7 cm³/mol. The zero-order valence-corrected chi connectivity index (χ0v) is 16.2. The summed E-state index contributed by atoms with van der Waals surface area (Å²) in [7, 11) is 0. The molecule has 2 atom stereocenters. The van der Waals surface area contributed by atoms with Crippen LogP contribution in [0.3, 0.4) is 0 Å². The summed E-state index contributed by atoms with van der Waals surface area (Å²) in [6.45, 7) is 1.79. The summed E-state index contributed by atoms with van der Waals surface area (Å²) in [6.07, 6.45) is 5.14. The second-order valence-corrected chi connectivity index (χ2v) is 7.57. The van der Waals surface area contributed by atoms with E-state index in [1.54, 1.807) is 25.1 Å². The lowest BCUT2D eigenvalue weighted by Gasteiger charge is -2.32. The van der Waals surface area contributed by atoms with E-state index in [1.807, 2.05) is 0 Å². The van der Waals surface area contributed by atoms with E-state index < -0.39 is 23.8 Å². The third kappa shape index (κ3) is 3.92. The van der Waals surface area contributed by atoms with Crippen LogP contribution in [0.25, 0.3) is 0 Å². The lowest BCUT2D eigenvalue weighted by molar-refractivity contribution is -0.161. The number of fused-ring (bicyclic) bond motifs is 1. The van der Waals surface area contributed by atoms with E-state index in [9.17, 15) is 14.4 Å². The summed E-state index contributed by atoms with van der Waals surface area (Å²) in [5.41, 5.74) is 0.519. The fourth-order valence-corrected chi connectivity index (χ4v) is 4.02. The molecule has 3 rings (SSSR count). The summed E-state index contributed by atoms with van der Waals surface area (Å²) in [6, 6.07) is 5.15. The zero-order valence-electron chi connectivity index (χ0n) is 14.6. The first-order valence-corrected chi connectivity index (χ1v) is 9.78. The van der Waals surface area contributed by atoms with E-state index in [0.29, 0.717) is 11.3 Å². The summed E-state index contributed by atoms with van der Waals surface area (Å²) in [5.74, 6) is -3.74. The molecule has 0 saturated heterocycles. The molecule has 1 amide bonds. The smallest absolute Gasteiger partial charge is 0.326 e. The summed E-state index contributed by atoms with van der Waals surface area (Å²) in [4.78, 5) is 37.9. The lowest BCUT2D eigenvalue weighted by Crippen LogP contribution is -2.47. The molecule has 0 unspecified atom stereocenters. The molecule has 0 spiro atoms. The highest BCUT2D eigenvalue weighted by molar-refractivity contribution is 9.10. The van der Waals surface area contributed by atoms with Crippen LogP contribution in [0.2, 0.25) is 0 Å². The number of carbonyl (C=O) groups is 3. The normalized spacial score (nSPS) is 22.9. The molecule has 1 aromatic carbocycles. The number of rotatable bonds is 4. The van der Waals surface area contributed by atoms with Crippen LogP contribution in [0.1, 0.15) is 50.5 Å². The number of halogens is 1. The number of hydrogen-bond donors (Lipinski definition) is 1. The van der Waals surface area contributed by atoms with Crippen LogP contribution in [-0.4, -0.2) is 30.5 Å². The second-order valence-electron chi connectivity index (χ2n) is 6.65. The molecule has 1 fully saturated rings. The number of amides is 1. The molecule has 0 radical (unpaired) electrons. The van der Waals surface area contributed by atoms with Crippen molar-refractivity contribution in [3.63, 3.8) is 0 Å². The fourth-order valence-electron chi connectivity index (χ4n) is 3.64. The van der Waals surface area contributed by atoms with Crippen LogP contribution in [0.5, 0.6) is 5.75 Å². The highest BCUT2D eigenvalue weighted by atomic mass is 79.9. The number of benzene rings is 1. The first-order chi connectivity index (χ1) is 12.5. The standard InChI is InChI=1S/C19H22BrNO5/c1-2-25-18(23)16-15(17(22)21-12-6-4-3-5-7-12)13-10-11(20)8-9-14(13)26-19(16)24/h8-10,12,15-16H,2-7H2,1H3,(H,21,22)/t15-,16+/m0/s1. The molecular weight excluding hydrogens is 402 g/mol. The van der Waals surface area contributed by atoms with Crippen molar-refractivity contribution in [2.45, 2.75) is 51.0 Å². The van der Waals surface area contributed by atoms with E-state index in [-0.39, 0.29) is 18.6 Å². The fraction of sp³-hybridized carbons (Fsp3) is 0.526. The molecule has 0 bridgehead atoms. The van der Waals surface area contributed by atoms with Gasteiger partial charge >= 0.3 is 11.9 Å². The Labute approximate surface area is 160 Å². The van der Waals surface area contributed by atoms with Crippen molar-refractivity contribution in [3.05, 3.63) is 28.2 Å². The van der Waals surface area contributed by atoms with Gasteiger partial charge in [-0.1, -0.05) is 35.2 Å². The number of carbonyl (C=O) groups excluding carboxylic acids is 3. The maximum Gasteiger partial charge on any atom is 0.326 e. The molecular formula is C19H22BrNO5. The minimum Gasteiger partial charge on any atom is -0.465 e. The topological polar surface area (TPSA) is 81.7 Å². The van der Waals surface area contributed by atoms with Crippen LogP contribution in [0, 0.1) is 5.92 Å². The minimum absolute atomic E-state index is 0.0765. The van der Waals surface area contributed by atoms with Crippen LogP contribution in [0.4, 0.5) is 0 Å². The Balaban J connectivity index is 1.94. The summed E-state index contributed by atoms with van der Waals surface area (Å²) >= 11 is 3.38. The number of nitrogens with one attached hydrogen (secondary N) is 1.